The smallest absolute Gasteiger partial charge is 0.204 e. The third-order valence-electron chi connectivity index (χ3n) is 3.61. The molecular formula is C14H24N4OS. The maximum Gasteiger partial charge on any atom is 0.204 e. The van der Waals surface area contributed by atoms with E-state index in [-0.39, 0.29) is 0 Å². The van der Waals surface area contributed by atoms with Crippen LogP contribution in [0.15, 0.2) is 6.33 Å². The van der Waals surface area contributed by atoms with Crippen LogP contribution in [0.25, 0.3) is 0 Å². The molecule has 0 radical (unpaired) electrons. The summed E-state index contributed by atoms with van der Waals surface area (Å²) in [5.74, 6) is 2.28. The number of rotatable bonds is 7. The Kier molecular flexibility index (Phi) is 5.76. The van der Waals surface area contributed by atoms with Crippen LogP contribution in [0.1, 0.15) is 32.6 Å². The quantitative estimate of drug-likeness (QED) is 0.806. The third kappa shape index (κ3) is 3.69. The summed E-state index contributed by atoms with van der Waals surface area (Å²) < 4.78 is 5.48. The minimum Gasteiger partial charge on any atom is -0.490 e. The van der Waals surface area contributed by atoms with Crippen molar-refractivity contribution in [3.63, 3.8) is 0 Å². The summed E-state index contributed by atoms with van der Waals surface area (Å²) >= 11 is 1.95. The van der Waals surface area contributed by atoms with Crippen molar-refractivity contribution in [2.24, 2.45) is 0 Å². The molecule has 0 saturated heterocycles. The zero-order valence-corrected chi connectivity index (χ0v) is 13.3. The summed E-state index contributed by atoms with van der Waals surface area (Å²) in [6, 6.07) is 0.482. The van der Waals surface area contributed by atoms with E-state index in [0.717, 1.165) is 29.9 Å². The minimum absolute atomic E-state index is 0.482. The second-order valence-electron chi connectivity index (χ2n) is 5.04. The van der Waals surface area contributed by atoms with Gasteiger partial charge in [0.2, 0.25) is 5.75 Å². The fourth-order valence-electron chi connectivity index (χ4n) is 2.52. The van der Waals surface area contributed by atoms with Crippen molar-refractivity contribution >= 4 is 23.4 Å². The van der Waals surface area contributed by atoms with E-state index in [2.05, 4.69) is 33.8 Å². The van der Waals surface area contributed by atoms with Crippen molar-refractivity contribution in [3.8, 4) is 5.75 Å². The van der Waals surface area contributed by atoms with Gasteiger partial charge in [0.15, 0.2) is 11.6 Å². The number of nitrogens with one attached hydrogen (secondary N) is 2. The fraction of sp³-hybridized carbons (Fsp3) is 0.714. The predicted octanol–water partition coefficient (Wildman–Crippen LogP) is 3.00. The van der Waals surface area contributed by atoms with E-state index in [0.29, 0.717) is 11.8 Å². The molecule has 0 amide bonds. The van der Waals surface area contributed by atoms with Crippen LogP contribution in [0.3, 0.4) is 0 Å². The van der Waals surface area contributed by atoms with Gasteiger partial charge in [0.05, 0.1) is 7.11 Å². The van der Waals surface area contributed by atoms with Crippen LogP contribution in [0.2, 0.25) is 0 Å². The highest BCUT2D eigenvalue weighted by atomic mass is 32.2. The summed E-state index contributed by atoms with van der Waals surface area (Å²) in [6.45, 7) is 3.01. The normalized spacial score (nSPS) is 21.8. The minimum atomic E-state index is 0.482. The van der Waals surface area contributed by atoms with E-state index in [1.807, 2.05) is 11.8 Å². The molecular weight excluding hydrogens is 272 g/mol. The molecule has 20 heavy (non-hydrogen) atoms. The average molecular weight is 296 g/mol. The third-order valence-corrected chi connectivity index (χ3v) is 4.70. The molecule has 1 aromatic heterocycles. The number of hydrogen-bond acceptors (Lipinski definition) is 6. The van der Waals surface area contributed by atoms with E-state index in [1.165, 1.54) is 19.3 Å². The molecule has 1 heterocycles. The van der Waals surface area contributed by atoms with Gasteiger partial charge in [0, 0.05) is 17.8 Å². The number of thioether (sulfide) groups is 1. The molecule has 0 aromatic carbocycles. The summed E-state index contributed by atoms with van der Waals surface area (Å²) in [5.41, 5.74) is 0. The molecule has 1 aliphatic rings. The highest BCUT2D eigenvalue weighted by molar-refractivity contribution is 7.99. The van der Waals surface area contributed by atoms with Crippen LogP contribution in [-0.4, -0.2) is 41.2 Å². The molecule has 2 atom stereocenters. The zero-order valence-electron chi connectivity index (χ0n) is 12.5. The van der Waals surface area contributed by atoms with Crippen molar-refractivity contribution in [1.82, 2.24) is 9.97 Å². The predicted molar refractivity (Wildman–Crippen MR) is 85.9 cm³/mol. The summed E-state index contributed by atoms with van der Waals surface area (Å²) in [6.07, 6.45) is 8.47. The Labute approximate surface area is 125 Å². The Bertz CT molecular complexity index is 430. The van der Waals surface area contributed by atoms with Gasteiger partial charge < -0.3 is 15.4 Å². The van der Waals surface area contributed by atoms with E-state index < -0.39 is 0 Å². The monoisotopic (exact) mass is 296 g/mol. The first-order valence-electron chi connectivity index (χ1n) is 7.20. The van der Waals surface area contributed by atoms with Crippen LogP contribution in [0, 0.1) is 0 Å². The summed E-state index contributed by atoms with van der Waals surface area (Å²) in [5, 5.41) is 7.55. The van der Waals surface area contributed by atoms with Gasteiger partial charge in [-0.25, -0.2) is 9.97 Å². The van der Waals surface area contributed by atoms with E-state index in [1.54, 1.807) is 13.4 Å². The number of methoxy groups -OCH3 is 1. The number of anilines is 2. The van der Waals surface area contributed by atoms with E-state index >= 15 is 0 Å². The molecule has 2 rings (SSSR count). The number of hydrogen-bond donors (Lipinski definition) is 2. The molecule has 1 aromatic rings. The van der Waals surface area contributed by atoms with Gasteiger partial charge >= 0.3 is 0 Å². The molecule has 0 spiro atoms. The first-order chi connectivity index (χ1) is 9.78. The van der Waals surface area contributed by atoms with Gasteiger partial charge in [-0.15, -0.1) is 0 Å². The van der Waals surface area contributed by atoms with Crippen LogP contribution in [0.4, 0.5) is 11.6 Å². The molecule has 1 fully saturated rings. The van der Waals surface area contributed by atoms with Gasteiger partial charge in [-0.2, -0.15) is 11.8 Å². The van der Waals surface area contributed by atoms with Crippen LogP contribution < -0.4 is 15.4 Å². The average Bonchev–Trinajstić information content (AvgIpc) is 2.93. The fourth-order valence-corrected chi connectivity index (χ4v) is 3.31. The largest absolute Gasteiger partial charge is 0.490 e. The van der Waals surface area contributed by atoms with E-state index in [9.17, 15) is 0 Å². The Morgan fingerprint density at radius 3 is 2.80 bits per heavy atom. The Balaban J connectivity index is 2.07. The van der Waals surface area contributed by atoms with E-state index in [4.69, 9.17) is 4.74 Å². The molecule has 5 nitrogen and oxygen atoms in total. The van der Waals surface area contributed by atoms with Crippen LogP contribution >= 0.6 is 11.8 Å². The van der Waals surface area contributed by atoms with Gasteiger partial charge in [0.25, 0.3) is 0 Å². The van der Waals surface area contributed by atoms with Crippen molar-refractivity contribution in [3.05, 3.63) is 6.33 Å². The Hall–Kier alpha value is -1.17. The maximum atomic E-state index is 5.48. The summed E-state index contributed by atoms with van der Waals surface area (Å²) in [7, 11) is 1.67. The van der Waals surface area contributed by atoms with Gasteiger partial charge in [0.1, 0.15) is 6.33 Å². The molecule has 0 bridgehead atoms. The Morgan fingerprint density at radius 2 is 2.15 bits per heavy atom. The van der Waals surface area contributed by atoms with Crippen molar-refractivity contribution in [2.45, 2.75) is 43.9 Å². The highest BCUT2D eigenvalue weighted by Crippen LogP contribution is 2.34. The SMILES string of the molecule is CCCNc1ncnc(NC2CCC(SC)C2)c1OC. The zero-order chi connectivity index (χ0) is 14.4. The lowest BCUT2D eigenvalue weighted by atomic mass is 10.2. The molecule has 1 aliphatic carbocycles. The molecule has 112 valence electrons. The standard InChI is InChI=1S/C14H24N4OS/c1-4-7-15-13-12(19-2)14(17-9-16-13)18-10-5-6-11(8-10)20-3/h9-11H,4-8H2,1-3H3,(H2,15,16,17,18). The number of ether oxygens (including phenoxy) is 1. The second kappa shape index (κ2) is 7.57. The first kappa shape index (κ1) is 15.2. The first-order valence-corrected chi connectivity index (χ1v) is 8.49. The van der Waals surface area contributed by atoms with Gasteiger partial charge in [-0.05, 0) is 31.9 Å². The van der Waals surface area contributed by atoms with Gasteiger partial charge in [-0.3, -0.25) is 0 Å². The number of nitrogens with zero attached hydrogens (tertiary/aromatic N) is 2. The summed E-state index contributed by atoms with van der Waals surface area (Å²) in [4.78, 5) is 8.60. The highest BCUT2D eigenvalue weighted by Gasteiger charge is 2.25. The Morgan fingerprint density at radius 1 is 1.35 bits per heavy atom. The topological polar surface area (TPSA) is 59.1 Å². The lowest BCUT2D eigenvalue weighted by Crippen LogP contribution is -2.18. The van der Waals surface area contributed by atoms with Crippen LogP contribution in [-0.2, 0) is 0 Å². The number of aromatic nitrogens is 2. The maximum absolute atomic E-state index is 5.48. The molecule has 2 N–H and O–H groups in total. The van der Waals surface area contributed by atoms with Crippen molar-refractivity contribution in [2.75, 3.05) is 30.5 Å². The molecule has 6 heteroatoms. The molecule has 2 unspecified atom stereocenters. The van der Waals surface area contributed by atoms with Gasteiger partial charge in [-0.1, -0.05) is 6.92 Å². The second-order valence-corrected chi connectivity index (χ2v) is 6.18. The van der Waals surface area contributed by atoms with Crippen molar-refractivity contribution < 1.29 is 4.74 Å². The molecule has 0 aliphatic heterocycles. The molecule has 1 saturated carbocycles. The lowest BCUT2D eigenvalue weighted by molar-refractivity contribution is 0.414. The van der Waals surface area contributed by atoms with Crippen LogP contribution in [0.5, 0.6) is 5.75 Å². The van der Waals surface area contributed by atoms with Crippen molar-refractivity contribution in [1.29, 1.82) is 0 Å². The lowest BCUT2D eigenvalue weighted by Gasteiger charge is -2.17.